The fourth-order valence-corrected chi connectivity index (χ4v) is 5.07. The van der Waals surface area contributed by atoms with Crippen LogP contribution in [0.25, 0.3) is 0 Å². The van der Waals surface area contributed by atoms with Crippen molar-refractivity contribution in [3.05, 3.63) is 24.3 Å². The Labute approximate surface area is 153 Å². The molecule has 3 rings (SSSR count). The van der Waals surface area contributed by atoms with Gasteiger partial charge in [0.25, 0.3) is 0 Å². The third-order valence-corrected chi connectivity index (χ3v) is 6.83. The lowest BCUT2D eigenvalue weighted by molar-refractivity contribution is -0.139. The monoisotopic (exact) mass is 380 g/mol. The Morgan fingerprint density at radius 3 is 2.46 bits per heavy atom. The number of esters is 1. The number of amides is 1. The number of fused-ring (bicyclic) bond motifs is 2. The van der Waals surface area contributed by atoms with Crippen molar-refractivity contribution in [2.75, 3.05) is 19.0 Å². The summed E-state index contributed by atoms with van der Waals surface area (Å²) in [5, 5.41) is 2.84. The normalized spacial score (nSPS) is 24.4. The maximum absolute atomic E-state index is 12.2. The Bertz CT molecular complexity index is 775. The summed E-state index contributed by atoms with van der Waals surface area (Å²) in [5.74, 6) is 1.29. The maximum Gasteiger partial charge on any atom is 0.320 e. The smallest absolute Gasteiger partial charge is 0.320 e. The van der Waals surface area contributed by atoms with Crippen molar-refractivity contribution in [1.82, 2.24) is 4.72 Å². The molecule has 2 fully saturated rings. The third-order valence-electron chi connectivity index (χ3n) is 5.41. The number of methoxy groups -OCH3 is 1. The highest BCUT2D eigenvalue weighted by Crippen LogP contribution is 2.49. The summed E-state index contributed by atoms with van der Waals surface area (Å²) in [6.45, 7) is -0.430. The SMILES string of the molecule is COC(=O)CNS(=O)(=O)c1ccc(NC(=O)C[C@H]2C[C@@H]3CC[C@@H]2C3)cc1. The van der Waals surface area contributed by atoms with E-state index in [2.05, 4.69) is 14.8 Å². The minimum Gasteiger partial charge on any atom is -0.468 e. The molecule has 7 nitrogen and oxygen atoms in total. The number of benzene rings is 1. The van der Waals surface area contributed by atoms with Crippen LogP contribution in [-0.2, 0) is 24.3 Å². The maximum atomic E-state index is 12.2. The van der Waals surface area contributed by atoms with Crippen molar-refractivity contribution < 1.29 is 22.7 Å². The summed E-state index contributed by atoms with van der Waals surface area (Å²) >= 11 is 0. The minimum absolute atomic E-state index is 0.0208. The molecule has 2 bridgehead atoms. The zero-order valence-corrected chi connectivity index (χ0v) is 15.6. The second kappa shape index (κ2) is 7.75. The van der Waals surface area contributed by atoms with Gasteiger partial charge in [-0.2, -0.15) is 4.72 Å². The molecule has 0 unspecified atom stereocenters. The standard InChI is InChI=1S/C18H24N2O5S/c1-25-18(22)11-19-26(23,24)16-6-4-15(5-7-16)20-17(21)10-14-9-12-2-3-13(14)8-12/h4-7,12-14,19H,2-3,8-11H2,1H3,(H,20,21)/t12-,13-,14-/m1/s1. The number of hydrogen-bond acceptors (Lipinski definition) is 5. The molecule has 1 aromatic carbocycles. The van der Waals surface area contributed by atoms with Gasteiger partial charge in [0.15, 0.2) is 0 Å². The van der Waals surface area contributed by atoms with Crippen molar-refractivity contribution in [3.63, 3.8) is 0 Å². The van der Waals surface area contributed by atoms with Crippen LogP contribution in [0.3, 0.4) is 0 Å². The van der Waals surface area contributed by atoms with E-state index in [1.165, 1.54) is 38.5 Å². The van der Waals surface area contributed by atoms with E-state index in [9.17, 15) is 18.0 Å². The predicted molar refractivity (Wildman–Crippen MR) is 95.8 cm³/mol. The number of hydrogen-bond donors (Lipinski definition) is 2. The summed E-state index contributed by atoms with van der Waals surface area (Å²) in [4.78, 5) is 23.3. The first-order valence-corrected chi connectivity index (χ1v) is 10.3. The second-order valence-electron chi connectivity index (χ2n) is 7.11. The van der Waals surface area contributed by atoms with Crippen LogP contribution in [0.5, 0.6) is 0 Å². The lowest BCUT2D eigenvalue weighted by Crippen LogP contribution is -2.30. The Balaban J connectivity index is 1.54. The topological polar surface area (TPSA) is 102 Å². The molecular formula is C18H24N2O5S. The van der Waals surface area contributed by atoms with Gasteiger partial charge in [-0.05, 0) is 61.3 Å². The first-order chi connectivity index (χ1) is 12.4. The number of nitrogens with one attached hydrogen (secondary N) is 2. The van der Waals surface area contributed by atoms with E-state index in [0.29, 0.717) is 23.9 Å². The summed E-state index contributed by atoms with van der Waals surface area (Å²) in [6.07, 6.45) is 5.50. The molecule has 0 saturated heterocycles. The van der Waals surface area contributed by atoms with Crippen LogP contribution < -0.4 is 10.0 Å². The molecule has 2 N–H and O–H groups in total. The average molecular weight is 380 g/mol. The quantitative estimate of drug-likeness (QED) is 0.704. The van der Waals surface area contributed by atoms with Crippen LogP contribution in [0.2, 0.25) is 0 Å². The van der Waals surface area contributed by atoms with Gasteiger partial charge in [0, 0.05) is 12.1 Å². The van der Waals surface area contributed by atoms with Gasteiger partial charge in [0.2, 0.25) is 15.9 Å². The van der Waals surface area contributed by atoms with Gasteiger partial charge in [-0.25, -0.2) is 8.42 Å². The van der Waals surface area contributed by atoms with E-state index >= 15 is 0 Å². The third kappa shape index (κ3) is 4.42. The van der Waals surface area contributed by atoms with Crippen molar-refractivity contribution in [2.24, 2.45) is 17.8 Å². The number of carbonyl (C=O) groups is 2. The van der Waals surface area contributed by atoms with Crippen LogP contribution in [0, 0.1) is 17.8 Å². The highest BCUT2D eigenvalue weighted by atomic mass is 32.2. The van der Waals surface area contributed by atoms with Crippen LogP contribution >= 0.6 is 0 Å². The highest BCUT2D eigenvalue weighted by molar-refractivity contribution is 7.89. The summed E-state index contributed by atoms with van der Waals surface area (Å²) < 4.78 is 30.7. The largest absolute Gasteiger partial charge is 0.468 e. The molecule has 0 radical (unpaired) electrons. The molecule has 0 spiro atoms. The lowest BCUT2D eigenvalue weighted by atomic mass is 9.86. The fourth-order valence-electron chi connectivity index (χ4n) is 4.10. The molecule has 142 valence electrons. The number of ether oxygens (including phenoxy) is 1. The van der Waals surface area contributed by atoms with Crippen molar-refractivity contribution in [1.29, 1.82) is 0 Å². The van der Waals surface area contributed by atoms with Crippen LogP contribution in [0.1, 0.15) is 32.1 Å². The summed E-state index contributed by atoms with van der Waals surface area (Å²) in [7, 11) is -2.61. The van der Waals surface area contributed by atoms with Crippen molar-refractivity contribution >= 4 is 27.6 Å². The van der Waals surface area contributed by atoms with E-state index < -0.39 is 22.5 Å². The summed E-state index contributed by atoms with van der Waals surface area (Å²) in [5.41, 5.74) is 0.560. The zero-order valence-electron chi connectivity index (χ0n) is 14.7. The van der Waals surface area contributed by atoms with Crippen LogP contribution in [-0.4, -0.2) is 33.9 Å². The van der Waals surface area contributed by atoms with Crippen LogP contribution in [0.4, 0.5) is 5.69 Å². The van der Waals surface area contributed by atoms with Gasteiger partial charge in [0.1, 0.15) is 6.54 Å². The minimum atomic E-state index is -3.80. The molecule has 1 amide bonds. The highest BCUT2D eigenvalue weighted by Gasteiger charge is 2.40. The number of sulfonamides is 1. The molecule has 1 aromatic rings. The van der Waals surface area contributed by atoms with Gasteiger partial charge in [-0.3, -0.25) is 9.59 Å². The predicted octanol–water partition coefficient (Wildman–Crippen LogP) is 1.90. The second-order valence-corrected chi connectivity index (χ2v) is 8.88. The van der Waals surface area contributed by atoms with Gasteiger partial charge >= 0.3 is 5.97 Å². The molecule has 0 aromatic heterocycles. The molecule has 2 aliphatic rings. The van der Waals surface area contributed by atoms with E-state index in [1.807, 2.05) is 0 Å². The van der Waals surface area contributed by atoms with E-state index in [1.54, 1.807) is 12.1 Å². The number of anilines is 1. The van der Waals surface area contributed by atoms with E-state index in [4.69, 9.17) is 0 Å². The first kappa shape index (κ1) is 18.8. The number of carbonyl (C=O) groups excluding carboxylic acids is 2. The molecule has 2 aliphatic carbocycles. The van der Waals surface area contributed by atoms with Gasteiger partial charge in [0.05, 0.1) is 12.0 Å². The Morgan fingerprint density at radius 1 is 1.15 bits per heavy atom. The van der Waals surface area contributed by atoms with E-state index in [-0.39, 0.29) is 10.8 Å². The molecular weight excluding hydrogens is 356 g/mol. The lowest BCUT2D eigenvalue weighted by Gasteiger charge is -2.20. The Morgan fingerprint density at radius 2 is 1.88 bits per heavy atom. The van der Waals surface area contributed by atoms with Crippen LogP contribution in [0.15, 0.2) is 29.2 Å². The van der Waals surface area contributed by atoms with Crippen molar-refractivity contribution in [3.8, 4) is 0 Å². The molecule has 8 heteroatoms. The zero-order chi connectivity index (χ0) is 18.7. The van der Waals surface area contributed by atoms with Crippen molar-refractivity contribution in [2.45, 2.75) is 37.0 Å². The van der Waals surface area contributed by atoms with Gasteiger partial charge in [-0.15, -0.1) is 0 Å². The summed E-state index contributed by atoms with van der Waals surface area (Å²) in [6, 6.07) is 5.89. The Hall–Kier alpha value is -1.93. The fraction of sp³-hybridized carbons (Fsp3) is 0.556. The molecule has 0 heterocycles. The van der Waals surface area contributed by atoms with E-state index in [0.717, 1.165) is 12.3 Å². The molecule has 0 aliphatic heterocycles. The molecule has 2 saturated carbocycles. The first-order valence-electron chi connectivity index (χ1n) is 8.84. The molecule has 3 atom stereocenters. The van der Waals surface area contributed by atoms with Gasteiger partial charge in [-0.1, -0.05) is 6.42 Å². The molecule has 26 heavy (non-hydrogen) atoms. The van der Waals surface area contributed by atoms with Gasteiger partial charge < -0.3 is 10.1 Å². The average Bonchev–Trinajstić information content (AvgIpc) is 3.23. The Kier molecular flexibility index (Phi) is 5.62. The number of rotatable bonds is 7.